The van der Waals surface area contributed by atoms with Gasteiger partial charge in [-0.15, -0.1) is 0 Å². The van der Waals surface area contributed by atoms with Crippen LogP contribution in [0.2, 0.25) is 0 Å². The third kappa shape index (κ3) is 4.02. The van der Waals surface area contributed by atoms with Crippen molar-refractivity contribution in [2.24, 2.45) is 0 Å². The quantitative estimate of drug-likeness (QED) is 0.184. The summed E-state index contributed by atoms with van der Waals surface area (Å²) < 4.78 is 17.5. The van der Waals surface area contributed by atoms with Gasteiger partial charge in [-0.05, 0) is 102 Å². The van der Waals surface area contributed by atoms with Crippen LogP contribution in [-0.4, -0.2) is 9.13 Å². The van der Waals surface area contributed by atoms with E-state index in [9.17, 15) is 0 Å². The number of hydrogen-bond acceptors (Lipinski definition) is 2. The molecule has 12 aromatic rings. The summed E-state index contributed by atoms with van der Waals surface area (Å²) in [5.74, 6) is 0. The first-order chi connectivity index (χ1) is 26.7. The predicted octanol–water partition coefficient (Wildman–Crippen LogP) is 13.9. The lowest BCUT2D eigenvalue weighted by molar-refractivity contribution is 0.668. The van der Waals surface area contributed by atoms with E-state index in [1.54, 1.807) is 0 Å². The molecule has 0 unspecified atom stereocenters. The van der Waals surface area contributed by atoms with Crippen LogP contribution in [0.15, 0.2) is 173 Å². The van der Waals surface area contributed by atoms with Crippen molar-refractivity contribution >= 4 is 87.5 Å². The minimum Gasteiger partial charge on any atom is -0.456 e. The predicted molar refractivity (Wildman–Crippen MR) is 224 cm³/mol. The van der Waals surface area contributed by atoms with Gasteiger partial charge in [0.25, 0.3) is 0 Å². The first-order valence-electron chi connectivity index (χ1n) is 18.7. The van der Waals surface area contributed by atoms with Gasteiger partial charge in [0.15, 0.2) is 0 Å². The lowest BCUT2D eigenvalue weighted by Gasteiger charge is -2.09. The third-order valence-electron chi connectivity index (χ3n) is 11.5. The lowest BCUT2D eigenvalue weighted by Crippen LogP contribution is -1.94. The van der Waals surface area contributed by atoms with E-state index in [-0.39, 0.29) is 0 Å². The third-order valence-corrected chi connectivity index (χ3v) is 11.5. The summed E-state index contributed by atoms with van der Waals surface area (Å²) in [4.78, 5) is 0. The lowest BCUT2D eigenvalue weighted by atomic mass is 9.96. The van der Waals surface area contributed by atoms with Gasteiger partial charge in [0.1, 0.15) is 22.3 Å². The number of nitrogens with zero attached hydrogens (tertiary/aromatic N) is 2. The van der Waals surface area contributed by atoms with Crippen molar-refractivity contribution in [1.29, 1.82) is 0 Å². The summed E-state index contributed by atoms with van der Waals surface area (Å²) in [5.41, 5.74) is 14.2. The van der Waals surface area contributed by atoms with Gasteiger partial charge in [0, 0.05) is 54.5 Å². The van der Waals surface area contributed by atoms with E-state index in [1.165, 1.54) is 43.7 Å². The van der Waals surface area contributed by atoms with Crippen LogP contribution in [-0.2, 0) is 6.42 Å². The zero-order chi connectivity index (χ0) is 35.5. The van der Waals surface area contributed by atoms with Gasteiger partial charge in [-0.2, -0.15) is 0 Å². The molecule has 4 heterocycles. The Morgan fingerprint density at radius 3 is 1.91 bits per heavy atom. The van der Waals surface area contributed by atoms with Crippen molar-refractivity contribution in [3.63, 3.8) is 0 Å². The molecule has 0 saturated carbocycles. The number of furan rings is 2. The molecular formula is C50H32N2O2. The fourth-order valence-electron chi connectivity index (χ4n) is 9.04. The first kappa shape index (κ1) is 29.5. The topological polar surface area (TPSA) is 36.1 Å². The molecular weight excluding hydrogens is 661 g/mol. The average Bonchev–Trinajstić information content (AvgIpc) is 3.97. The zero-order valence-corrected chi connectivity index (χ0v) is 29.5. The molecule has 0 radical (unpaired) electrons. The number of para-hydroxylation sites is 3. The second kappa shape index (κ2) is 11.0. The van der Waals surface area contributed by atoms with Gasteiger partial charge in [-0.3, -0.25) is 0 Å². The smallest absolute Gasteiger partial charge is 0.135 e. The molecule has 0 saturated heterocycles. The number of rotatable bonds is 4. The Kier molecular flexibility index (Phi) is 6.01. The summed E-state index contributed by atoms with van der Waals surface area (Å²) in [6, 6.07) is 59.1. The van der Waals surface area contributed by atoms with Crippen LogP contribution < -0.4 is 0 Å². The molecule has 4 heteroatoms. The minimum absolute atomic E-state index is 0.890. The molecule has 0 amide bonds. The maximum Gasteiger partial charge on any atom is 0.135 e. The Bertz CT molecular complexity index is 3480. The van der Waals surface area contributed by atoms with Crippen LogP contribution in [0.25, 0.3) is 110 Å². The van der Waals surface area contributed by atoms with Crippen molar-refractivity contribution in [2.75, 3.05) is 0 Å². The summed E-state index contributed by atoms with van der Waals surface area (Å²) >= 11 is 0. The van der Waals surface area contributed by atoms with E-state index in [0.29, 0.717) is 0 Å². The van der Waals surface area contributed by atoms with E-state index >= 15 is 0 Å². The molecule has 0 fully saturated rings. The number of benzene rings is 8. The molecule has 4 aromatic heterocycles. The Morgan fingerprint density at radius 2 is 1.04 bits per heavy atom. The molecule has 0 N–H and O–H groups in total. The second-order valence-corrected chi connectivity index (χ2v) is 14.4. The van der Waals surface area contributed by atoms with Crippen LogP contribution in [0.5, 0.6) is 0 Å². The molecule has 4 nitrogen and oxygen atoms in total. The highest BCUT2D eigenvalue weighted by molar-refractivity contribution is 6.31. The van der Waals surface area contributed by atoms with Gasteiger partial charge < -0.3 is 18.0 Å². The molecule has 12 rings (SSSR count). The number of fused-ring (bicyclic) bond motifs is 13. The Labute approximate surface area is 309 Å². The van der Waals surface area contributed by atoms with E-state index in [0.717, 1.165) is 78.3 Å². The highest BCUT2D eigenvalue weighted by atomic mass is 16.3. The molecule has 8 aromatic carbocycles. The van der Waals surface area contributed by atoms with Gasteiger partial charge in [-0.1, -0.05) is 91.9 Å². The maximum absolute atomic E-state index is 6.40. The average molecular weight is 693 g/mol. The van der Waals surface area contributed by atoms with Crippen LogP contribution in [0.3, 0.4) is 0 Å². The van der Waals surface area contributed by atoms with E-state index < -0.39 is 0 Å². The van der Waals surface area contributed by atoms with Crippen molar-refractivity contribution < 1.29 is 8.83 Å². The van der Waals surface area contributed by atoms with Crippen molar-refractivity contribution in [3.05, 3.63) is 169 Å². The minimum atomic E-state index is 0.890. The molecule has 254 valence electrons. The van der Waals surface area contributed by atoms with Gasteiger partial charge in [0.2, 0.25) is 0 Å². The fraction of sp³-hybridized carbons (Fsp3) is 0.0400. The Balaban J connectivity index is 1.23. The van der Waals surface area contributed by atoms with Gasteiger partial charge in [0.05, 0.1) is 22.1 Å². The van der Waals surface area contributed by atoms with Crippen LogP contribution in [0.4, 0.5) is 0 Å². The Morgan fingerprint density at radius 1 is 0.389 bits per heavy atom. The summed E-state index contributed by atoms with van der Waals surface area (Å²) in [6.45, 7) is 2.18. The van der Waals surface area contributed by atoms with Crippen LogP contribution in [0, 0.1) is 0 Å². The molecule has 0 aliphatic heterocycles. The van der Waals surface area contributed by atoms with Crippen molar-refractivity contribution in [2.45, 2.75) is 13.3 Å². The molecule has 0 atom stereocenters. The van der Waals surface area contributed by atoms with E-state index in [1.807, 2.05) is 12.1 Å². The largest absolute Gasteiger partial charge is 0.456 e. The summed E-state index contributed by atoms with van der Waals surface area (Å²) in [5, 5.41) is 9.46. The highest BCUT2D eigenvalue weighted by Gasteiger charge is 2.23. The van der Waals surface area contributed by atoms with Gasteiger partial charge in [-0.25, -0.2) is 0 Å². The first-order valence-corrected chi connectivity index (χ1v) is 18.7. The Hall–Kier alpha value is -7.04. The monoisotopic (exact) mass is 692 g/mol. The van der Waals surface area contributed by atoms with E-state index in [2.05, 4.69) is 168 Å². The zero-order valence-electron chi connectivity index (χ0n) is 29.5. The standard InChI is InChI=1S/C50H32N2O2/c1-2-30-19-22-36-38-28-31(20-25-45(38)54-47(36)27-30)34-15-10-17-41-48(34)50-43(52(41)33-21-26-46-39(29-33)35-13-7-9-18-44(35)53-46)24-23-42-49(50)37-14-6-8-16-40(37)51(42)32-11-4-3-5-12-32/h3-29H,2H2,1H3. The number of aryl methyl sites for hydroxylation is 1. The maximum atomic E-state index is 6.40. The molecule has 0 spiro atoms. The molecule has 0 aliphatic rings. The molecule has 0 bridgehead atoms. The van der Waals surface area contributed by atoms with Gasteiger partial charge >= 0.3 is 0 Å². The fourth-order valence-corrected chi connectivity index (χ4v) is 9.04. The second-order valence-electron chi connectivity index (χ2n) is 14.4. The number of hydrogen-bond donors (Lipinski definition) is 0. The summed E-state index contributed by atoms with van der Waals surface area (Å²) in [6.07, 6.45) is 0.975. The highest BCUT2D eigenvalue weighted by Crippen LogP contribution is 2.46. The van der Waals surface area contributed by atoms with E-state index in [4.69, 9.17) is 8.83 Å². The molecule has 54 heavy (non-hydrogen) atoms. The number of aromatic nitrogens is 2. The summed E-state index contributed by atoms with van der Waals surface area (Å²) in [7, 11) is 0. The van der Waals surface area contributed by atoms with Crippen LogP contribution >= 0.6 is 0 Å². The normalized spacial score (nSPS) is 12.2. The SMILES string of the molecule is CCc1ccc2c(c1)oc1ccc(-c3cccc4c3c3c5c6ccccc6n(-c6ccccc6)c5ccc3n4-c3ccc4oc5ccccc5c4c3)cc12. The van der Waals surface area contributed by atoms with Crippen LogP contribution in [0.1, 0.15) is 12.5 Å². The molecule has 0 aliphatic carbocycles. The van der Waals surface area contributed by atoms with Crippen molar-refractivity contribution in [3.8, 4) is 22.5 Å². The van der Waals surface area contributed by atoms with Crippen molar-refractivity contribution in [1.82, 2.24) is 9.13 Å².